The highest BCUT2D eigenvalue weighted by Gasteiger charge is 2.38. The van der Waals surface area contributed by atoms with Gasteiger partial charge in [-0.05, 0) is 81.1 Å². The molecule has 46 heavy (non-hydrogen) atoms. The third-order valence-corrected chi connectivity index (χ3v) is 6.30. The zero-order valence-corrected chi connectivity index (χ0v) is 25.9. The molecule has 0 saturated heterocycles. The molecule has 246 valence electrons. The fourth-order valence-corrected chi connectivity index (χ4v) is 4.31. The largest absolute Gasteiger partial charge is 0.494 e. The highest BCUT2D eigenvalue weighted by Crippen LogP contribution is 2.33. The van der Waals surface area contributed by atoms with E-state index in [-0.39, 0.29) is 12.0 Å². The van der Waals surface area contributed by atoms with Crippen molar-refractivity contribution in [3.05, 3.63) is 84.1 Å². The van der Waals surface area contributed by atoms with Gasteiger partial charge in [-0.25, -0.2) is 9.78 Å². The molecule has 0 saturated carbocycles. The molecule has 3 aromatic carbocycles. The summed E-state index contributed by atoms with van der Waals surface area (Å²) in [7, 11) is 0. The van der Waals surface area contributed by atoms with E-state index < -0.39 is 18.2 Å². The Morgan fingerprint density at radius 3 is 2.26 bits per heavy atom. The van der Waals surface area contributed by atoms with Crippen LogP contribution in [-0.2, 0) is 16.1 Å². The van der Waals surface area contributed by atoms with Crippen LogP contribution in [0.15, 0.2) is 72.9 Å². The quantitative estimate of drug-likeness (QED) is 0.136. The van der Waals surface area contributed by atoms with Crippen molar-refractivity contribution in [2.45, 2.75) is 52.6 Å². The summed E-state index contributed by atoms with van der Waals surface area (Å²) in [5.41, 5.74) is 8.44. The first-order chi connectivity index (χ1) is 21.8. The van der Waals surface area contributed by atoms with Gasteiger partial charge >= 0.3 is 12.1 Å². The van der Waals surface area contributed by atoms with E-state index in [0.717, 1.165) is 33.3 Å². The van der Waals surface area contributed by atoms with Crippen molar-refractivity contribution in [3.8, 4) is 17.2 Å². The maximum atomic E-state index is 13.7. The number of fused-ring (bicyclic) bond motifs is 1. The second-order valence-corrected chi connectivity index (χ2v) is 10.1. The van der Waals surface area contributed by atoms with E-state index in [2.05, 4.69) is 15.6 Å². The van der Waals surface area contributed by atoms with Crippen molar-refractivity contribution < 1.29 is 42.1 Å². The van der Waals surface area contributed by atoms with E-state index in [4.69, 9.17) is 29.8 Å². The SMILES string of the molecule is CCOc1ccccc1CNC(=O)C(Nc1ccc2c(N)nccc2c1)c1ccc(OC(C)C)c(OCC)c1.O=C(O)C(F)(F)F. The third kappa shape index (κ3) is 9.91. The van der Waals surface area contributed by atoms with E-state index >= 15 is 0 Å². The highest BCUT2D eigenvalue weighted by molar-refractivity contribution is 5.94. The number of nitrogen functional groups attached to an aromatic ring is 1. The molecule has 0 radical (unpaired) electrons. The average Bonchev–Trinajstić information content (AvgIpc) is 3.00. The number of nitrogens with zero attached hydrogens (tertiary/aromatic N) is 1. The van der Waals surface area contributed by atoms with Gasteiger partial charge in [-0.1, -0.05) is 24.3 Å². The van der Waals surface area contributed by atoms with Crippen molar-refractivity contribution in [3.63, 3.8) is 0 Å². The number of aliphatic carboxylic acids is 1. The Morgan fingerprint density at radius 2 is 1.61 bits per heavy atom. The van der Waals surface area contributed by atoms with Crippen LogP contribution in [0, 0.1) is 0 Å². The number of carbonyl (C=O) groups is 2. The molecular weight excluding hydrogens is 605 g/mol. The summed E-state index contributed by atoms with van der Waals surface area (Å²) in [6.07, 6.45) is -3.43. The molecular formula is C33H37F3N4O6. The van der Waals surface area contributed by atoms with Gasteiger partial charge in [-0.3, -0.25) is 4.79 Å². The normalized spacial score (nSPS) is 11.7. The Balaban J connectivity index is 0.000000738. The van der Waals surface area contributed by atoms with Gasteiger partial charge in [0.15, 0.2) is 11.5 Å². The van der Waals surface area contributed by atoms with Crippen LogP contribution in [0.4, 0.5) is 24.7 Å². The molecule has 13 heteroatoms. The summed E-state index contributed by atoms with van der Waals surface area (Å²) in [6, 6.07) is 20.2. The number of nitrogens with two attached hydrogens (primary N) is 1. The number of carboxylic acid groups (broad SMARTS) is 1. The zero-order valence-electron chi connectivity index (χ0n) is 25.9. The minimum absolute atomic E-state index is 0.0165. The molecule has 1 atom stereocenters. The number of para-hydroxylation sites is 1. The van der Waals surface area contributed by atoms with Crippen LogP contribution >= 0.6 is 0 Å². The number of benzene rings is 3. The van der Waals surface area contributed by atoms with Crippen molar-refractivity contribution in [2.24, 2.45) is 0 Å². The van der Waals surface area contributed by atoms with E-state index in [9.17, 15) is 18.0 Å². The number of amides is 1. The number of halogens is 3. The Labute approximate surface area is 264 Å². The fraction of sp³-hybridized carbons (Fsp3) is 0.303. The number of carbonyl (C=O) groups excluding carboxylic acids is 1. The van der Waals surface area contributed by atoms with Crippen LogP contribution in [0.3, 0.4) is 0 Å². The van der Waals surface area contributed by atoms with Crippen LogP contribution in [-0.4, -0.2) is 47.5 Å². The van der Waals surface area contributed by atoms with E-state index in [1.165, 1.54) is 0 Å². The van der Waals surface area contributed by atoms with Crippen molar-refractivity contribution >= 4 is 34.2 Å². The Kier molecular flexibility index (Phi) is 12.4. The molecule has 1 unspecified atom stereocenters. The number of nitrogens with one attached hydrogen (secondary N) is 2. The predicted molar refractivity (Wildman–Crippen MR) is 169 cm³/mol. The predicted octanol–water partition coefficient (Wildman–Crippen LogP) is 6.50. The molecule has 0 spiro atoms. The summed E-state index contributed by atoms with van der Waals surface area (Å²) < 4.78 is 49.3. The minimum Gasteiger partial charge on any atom is -0.494 e. The van der Waals surface area contributed by atoms with Gasteiger partial charge in [-0.2, -0.15) is 13.2 Å². The number of hydrogen-bond donors (Lipinski definition) is 4. The van der Waals surface area contributed by atoms with Gasteiger partial charge in [0.1, 0.15) is 17.6 Å². The number of rotatable bonds is 12. The highest BCUT2D eigenvalue weighted by atomic mass is 19.4. The number of alkyl halides is 3. The molecule has 10 nitrogen and oxygen atoms in total. The van der Waals surface area contributed by atoms with Crippen LogP contribution in [0.25, 0.3) is 10.8 Å². The van der Waals surface area contributed by atoms with Gasteiger partial charge in [0.05, 0.1) is 19.3 Å². The smallest absolute Gasteiger partial charge is 0.490 e. The van der Waals surface area contributed by atoms with Crippen molar-refractivity contribution in [2.75, 3.05) is 24.3 Å². The van der Waals surface area contributed by atoms with E-state index in [1.54, 1.807) is 6.20 Å². The Hall–Kier alpha value is -5.20. The van der Waals surface area contributed by atoms with Gasteiger partial charge in [0, 0.05) is 29.4 Å². The number of ether oxygens (including phenoxy) is 3. The Bertz CT molecular complexity index is 1630. The van der Waals surface area contributed by atoms with Gasteiger partial charge in [0.25, 0.3) is 0 Å². The maximum absolute atomic E-state index is 13.7. The molecule has 0 aliphatic heterocycles. The van der Waals surface area contributed by atoms with Crippen LogP contribution in [0.1, 0.15) is 44.9 Å². The number of pyridine rings is 1. The van der Waals surface area contributed by atoms with Crippen LogP contribution in [0.2, 0.25) is 0 Å². The molecule has 0 aliphatic rings. The first-order valence-corrected chi connectivity index (χ1v) is 14.5. The summed E-state index contributed by atoms with van der Waals surface area (Å²) >= 11 is 0. The number of aromatic nitrogens is 1. The second kappa shape index (κ2) is 16.2. The van der Waals surface area contributed by atoms with Gasteiger partial charge < -0.3 is 35.7 Å². The molecule has 1 heterocycles. The lowest BCUT2D eigenvalue weighted by Crippen LogP contribution is -2.33. The van der Waals surface area contributed by atoms with Crippen LogP contribution < -0.4 is 30.6 Å². The molecule has 5 N–H and O–H groups in total. The standard InChI is InChI=1S/C31H36N4O4.C2HF3O2/c1-5-37-26-10-8-7-9-23(26)19-34-31(36)29(22-11-14-27(39-20(3)4)28(18-22)38-6-2)35-24-12-13-25-21(17-24)15-16-33-30(25)32;3-2(4,5)1(6)7/h7-18,20,29,35H,5-6,19H2,1-4H3,(H2,32,33)(H,34,36);(H,6,7). The lowest BCUT2D eigenvalue weighted by Gasteiger charge is -2.23. The number of anilines is 2. The fourth-order valence-electron chi connectivity index (χ4n) is 4.31. The lowest BCUT2D eigenvalue weighted by molar-refractivity contribution is -0.192. The molecule has 4 aromatic rings. The summed E-state index contributed by atoms with van der Waals surface area (Å²) in [4.78, 5) is 26.8. The molecule has 0 fully saturated rings. The topological polar surface area (TPSA) is 145 Å². The molecule has 4 rings (SSSR count). The molecule has 1 amide bonds. The average molecular weight is 643 g/mol. The van der Waals surface area contributed by atoms with Crippen LogP contribution in [0.5, 0.6) is 17.2 Å². The monoisotopic (exact) mass is 642 g/mol. The zero-order chi connectivity index (χ0) is 33.9. The maximum Gasteiger partial charge on any atom is 0.490 e. The molecule has 0 aliphatic carbocycles. The van der Waals surface area contributed by atoms with Crippen molar-refractivity contribution in [1.82, 2.24) is 10.3 Å². The third-order valence-electron chi connectivity index (χ3n) is 6.30. The van der Waals surface area contributed by atoms with E-state index in [0.29, 0.717) is 37.1 Å². The number of carboxylic acids is 1. The Morgan fingerprint density at radius 1 is 0.935 bits per heavy atom. The molecule has 0 bridgehead atoms. The first kappa shape index (κ1) is 35.3. The number of hydrogen-bond acceptors (Lipinski definition) is 8. The van der Waals surface area contributed by atoms with Gasteiger partial charge in [0.2, 0.25) is 5.91 Å². The minimum atomic E-state index is -5.08. The van der Waals surface area contributed by atoms with Gasteiger partial charge in [-0.15, -0.1) is 0 Å². The first-order valence-electron chi connectivity index (χ1n) is 14.5. The van der Waals surface area contributed by atoms with E-state index in [1.807, 2.05) is 94.4 Å². The summed E-state index contributed by atoms with van der Waals surface area (Å²) in [5.74, 6) is -0.526. The lowest BCUT2D eigenvalue weighted by atomic mass is 10.0. The molecule has 1 aromatic heterocycles. The second-order valence-electron chi connectivity index (χ2n) is 10.1. The van der Waals surface area contributed by atoms with Crippen molar-refractivity contribution in [1.29, 1.82) is 0 Å². The summed E-state index contributed by atoms with van der Waals surface area (Å²) in [6.45, 7) is 9.11. The summed E-state index contributed by atoms with van der Waals surface area (Å²) in [5, 5.41) is 15.4.